The van der Waals surface area contributed by atoms with Gasteiger partial charge in [0.05, 0.1) is 0 Å². The highest BCUT2D eigenvalue weighted by Gasteiger charge is 2.24. The summed E-state index contributed by atoms with van der Waals surface area (Å²) in [5.41, 5.74) is 0.336. The summed E-state index contributed by atoms with van der Waals surface area (Å²) in [6.45, 7) is 4.99. The van der Waals surface area contributed by atoms with Gasteiger partial charge >= 0.3 is 0 Å². The predicted molar refractivity (Wildman–Crippen MR) is 63.6 cm³/mol. The summed E-state index contributed by atoms with van der Waals surface area (Å²) in [7, 11) is -3.68. The molecule has 0 aromatic carbocycles. The number of hydrogen-bond donors (Lipinski definition) is 1. The largest absolute Gasteiger partial charge is 0.360 e. The second-order valence-corrected chi connectivity index (χ2v) is 6.39. The van der Waals surface area contributed by atoms with Crippen molar-refractivity contribution in [3.8, 4) is 0 Å². The molecule has 0 radical (unpaired) electrons. The van der Waals surface area contributed by atoms with Crippen LogP contribution < -0.4 is 4.72 Å². The number of nitrogens with one attached hydrogen (secondary N) is 1. The number of hydrogen-bond acceptors (Lipinski definition) is 6. The second kappa shape index (κ2) is 4.11. The lowest BCUT2D eigenvalue weighted by Crippen LogP contribution is -2.14. The third kappa shape index (κ3) is 2.32. The van der Waals surface area contributed by atoms with Crippen molar-refractivity contribution in [1.82, 2.24) is 10.1 Å². The minimum Gasteiger partial charge on any atom is -0.360 e. The monoisotopic (exact) mass is 273 g/mol. The lowest BCUT2D eigenvalue weighted by Gasteiger charge is -2.03. The fourth-order valence-electron chi connectivity index (χ4n) is 1.43. The first-order valence-electron chi connectivity index (χ1n) is 4.78. The summed E-state index contributed by atoms with van der Waals surface area (Å²) in [6.07, 6.45) is 1.61. The van der Waals surface area contributed by atoms with Gasteiger partial charge in [0.1, 0.15) is 5.69 Å². The zero-order valence-corrected chi connectivity index (χ0v) is 11.1. The average Bonchev–Trinajstić information content (AvgIpc) is 2.73. The highest BCUT2D eigenvalue weighted by molar-refractivity contribution is 7.93. The molecule has 1 N–H and O–H groups in total. The Morgan fingerprint density at radius 3 is 2.53 bits per heavy atom. The third-order valence-corrected chi connectivity index (χ3v) is 4.62. The molecule has 2 rings (SSSR count). The molecule has 0 unspecified atom stereocenters. The molecule has 0 aliphatic carbocycles. The summed E-state index contributed by atoms with van der Waals surface area (Å²) < 4.78 is 31.4. The van der Waals surface area contributed by atoms with Crippen LogP contribution in [0.4, 0.5) is 5.13 Å². The maximum absolute atomic E-state index is 12.1. The van der Waals surface area contributed by atoms with E-state index in [2.05, 4.69) is 14.9 Å². The number of nitrogens with zero attached hydrogens (tertiary/aromatic N) is 2. The van der Waals surface area contributed by atoms with Crippen LogP contribution in [0, 0.1) is 20.8 Å². The van der Waals surface area contributed by atoms with Gasteiger partial charge in [-0.3, -0.25) is 4.72 Å². The van der Waals surface area contributed by atoms with Gasteiger partial charge < -0.3 is 4.52 Å². The Labute approximate surface area is 103 Å². The van der Waals surface area contributed by atoms with E-state index in [0.717, 1.165) is 4.88 Å². The van der Waals surface area contributed by atoms with E-state index in [1.165, 1.54) is 11.3 Å². The Bertz CT molecular complexity index is 623. The molecule has 0 aliphatic heterocycles. The predicted octanol–water partition coefficient (Wildman–Crippen LogP) is 1.86. The van der Waals surface area contributed by atoms with E-state index in [4.69, 9.17) is 4.52 Å². The first kappa shape index (κ1) is 12.1. The van der Waals surface area contributed by atoms with E-state index in [9.17, 15) is 8.42 Å². The zero-order valence-electron chi connectivity index (χ0n) is 9.51. The molecule has 0 aliphatic rings. The lowest BCUT2D eigenvalue weighted by molar-refractivity contribution is 0.390. The van der Waals surface area contributed by atoms with Gasteiger partial charge in [-0.15, -0.1) is 11.3 Å². The number of anilines is 1. The Kier molecular flexibility index (Phi) is 2.92. The van der Waals surface area contributed by atoms with Crippen LogP contribution >= 0.6 is 11.3 Å². The number of rotatable bonds is 3. The van der Waals surface area contributed by atoms with E-state index < -0.39 is 10.0 Å². The maximum Gasteiger partial charge on any atom is 0.269 e. The average molecular weight is 273 g/mol. The Morgan fingerprint density at radius 1 is 1.35 bits per heavy atom. The first-order valence-corrected chi connectivity index (χ1v) is 7.08. The van der Waals surface area contributed by atoms with Crippen LogP contribution in [-0.2, 0) is 10.0 Å². The molecular weight excluding hydrogens is 262 g/mol. The topological polar surface area (TPSA) is 85.1 Å². The van der Waals surface area contributed by atoms with Crippen molar-refractivity contribution in [2.75, 3.05) is 4.72 Å². The van der Waals surface area contributed by atoms with Crippen LogP contribution in [0.25, 0.3) is 0 Å². The van der Waals surface area contributed by atoms with Crippen LogP contribution in [0.3, 0.4) is 0 Å². The third-order valence-electron chi connectivity index (χ3n) is 2.08. The summed E-state index contributed by atoms with van der Waals surface area (Å²) in [5.74, 6) is 0.267. The minimum atomic E-state index is -3.68. The fraction of sp³-hybridized carbons (Fsp3) is 0.333. The number of aromatic nitrogens is 2. The van der Waals surface area contributed by atoms with E-state index in [0.29, 0.717) is 10.8 Å². The molecule has 0 fully saturated rings. The number of sulfonamides is 1. The smallest absolute Gasteiger partial charge is 0.269 e. The highest BCUT2D eigenvalue weighted by Crippen LogP contribution is 2.24. The van der Waals surface area contributed by atoms with Gasteiger partial charge in [-0.25, -0.2) is 13.4 Å². The lowest BCUT2D eigenvalue weighted by atomic mass is 10.4. The Hall–Kier alpha value is -1.41. The number of thiazole rings is 1. The van der Waals surface area contributed by atoms with Gasteiger partial charge in [0, 0.05) is 11.1 Å². The normalized spacial score (nSPS) is 11.7. The molecule has 6 nitrogen and oxygen atoms in total. The Balaban J connectivity index is 2.38. The van der Waals surface area contributed by atoms with Crippen LogP contribution in [-0.4, -0.2) is 18.6 Å². The molecule has 0 bridgehead atoms. The molecule has 0 amide bonds. The standard InChI is InChI=1S/C9H11N3O3S2/c1-5-4-10-9(16-5)12-17(13,14)8-6(2)11-15-7(8)3/h4H,1-3H3,(H,10,12). The molecule has 17 heavy (non-hydrogen) atoms. The summed E-state index contributed by atoms with van der Waals surface area (Å²) >= 11 is 1.27. The molecule has 2 aromatic rings. The summed E-state index contributed by atoms with van der Waals surface area (Å²) in [6, 6.07) is 0. The quantitative estimate of drug-likeness (QED) is 0.922. The minimum absolute atomic E-state index is 0.0744. The van der Waals surface area contributed by atoms with Gasteiger partial charge in [-0.2, -0.15) is 0 Å². The summed E-state index contributed by atoms with van der Waals surface area (Å²) in [4.78, 5) is 4.95. The number of aryl methyl sites for hydroxylation is 3. The van der Waals surface area contributed by atoms with E-state index >= 15 is 0 Å². The van der Waals surface area contributed by atoms with E-state index in [-0.39, 0.29) is 10.7 Å². The van der Waals surface area contributed by atoms with Crippen LogP contribution in [0.1, 0.15) is 16.3 Å². The molecule has 0 spiro atoms. The molecule has 0 saturated carbocycles. The van der Waals surface area contributed by atoms with Crippen molar-refractivity contribution in [2.45, 2.75) is 25.7 Å². The van der Waals surface area contributed by atoms with E-state index in [1.807, 2.05) is 6.92 Å². The maximum atomic E-state index is 12.1. The molecular formula is C9H11N3O3S2. The SMILES string of the molecule is Cc1cnc(NS(=O)(=O)c2c(C)noc2C)s1. The highest BCUT2D eigenvalue weighted by atomic mass is 32.2. The van der Waals surface area contributed by atoms with Crippen molar-refractivity contribution in [1.29, 1.82) is 0 Å². The molecule has 0 saturated heterocycles. The second-order valence-electron chi connectivity index (χ2n) is 3.53. The first-order chi connectivity index (χ1) is 7.90. The van der Waals surface area contributed by atoms with Crippen molar-refractivity contribution in [3.05, 3.63) is 22.5 Å². The fourth-order valence-corrected chi connectivity index (χ4v) is 3.66. The van der Waals surface area contributed by atoms with Crippen LogP contribution in [0.2, 0.25) is 0 Å². The van der Waals surface area contributed by atoms with Gasteiger partial charge in [0.2, 0.25) is 0 Å². The Morgan fingerprint density at radius 2 is 2.06 bits per heavy atom. The van der Waals surface area contributed by atoms with Crippen molar-refractivity contribution in [3.63, 3.8) is 0 Å². The van der Waals surface area contributed by atoms with Crippen molar-refractivity contribution >= 4 is 26.5 Å². The summed E-state index contributed by atoms with van der Waals surface area (Å²) in [5, 5.41) is 3.95. The van der Waals surface area contributed by atoms with Crippen LogP contribution in [0.5, 0.6) is 0 Å². The molecule has 0 atom stereocenters. The van der Waals surface area contributed by atoms with Gasteiger partial charge in [0.25, 0.3) is 10.0 Å². The van der Waals surface area contributed by atoms with Crippen molar-refractivity contribution < 1.29 is 12.9 Å². The van der Waals surface area contributed by atoms with Gasteiger partial charge in [-0.05, 0) is 20.8 Å². The van der Waals surface area contributed by atoms with Crippen LogP contribution in [0.15, 0.2) is 15.6 Å². The molecule has 2 heterocycles. The van der Waals surface area contributed by atoms with Gasteiger partial charge in [0.15, 0.2) is 15.8 Å². The molecule has 8 heteroatoms. The van der Waals surface area contributed by atoms with Crippen molar-refractivity contribution in [2.24, 2.45) is 0 Å². The molecule has 92 valence electrons. The molecule has 2 aromatic heterocycles. The van der Waals surface area contributed by atoms with E-state index in [1.54, 1.807) is 20.0 Å². The van der Waals surface area contributed by atoms with Gasteiger partial charge in [-0.1, -0.05) is 5.16 Å². The zero-order chi connectivity index (χ0) is 12.6.